The smallest absolute Gasteiger partial charge is 0.0934 e. The van der Waals surface area contributed by atoms with Gasteiger partial charge < -0.3 is 11.1 Å². The average Bonchev–Trinajstić information content (AvgIpc) is 2.33. The van der Waals surface area contributed by atoms with Crippen LogP contribution in [0.2, 0.25) is 0 Å². The van der Waals surface area contributed by atoms with E-state index in [-0.39, 0.29) is 5.54 Å². The number of halogens is 1. The van der Waals surface area contributed by atoms with Crippen LogP contribution in [-0.2, 0) is 0 Å². The number of aromatic nitrogens is 1. The maximum absolute atomic E-state index is 5.89. The standard InChI is InChI=1S/C14H16BrN3/c15-11-7-10-3-1-4-12(13(10)17-8-11)18-14(9-16)5-2-6-14/h1,3-4,7-8,18H,2,5-6,9,16H2. The highest BCUT2D eigenvalue weighted by Gasteiger charge is 2.35. The molecule has 0 radical (unpaired) electrons. The SMILES string of the molecule is NCC1(Nc2cccc3cc(Br)cnc23)CCC1. The first kappa shape index (κ1) is 11.9. The van der Waals surface area contributed by atoms with Gasteiger partial charge in [-0.25, -0.2) is 0 Å². The lowest BCUT2D eigenvalue weighted by Crippen LogP contribution is -2.51. The van der Waals surface area contributed by atoms with Gasteiger partial charge in [-0.15, -0.1) is 0 Å². The predicted molar refractivity (Wildman–Crippen MR) is 78.7 cm³/mol. The highest BCUT2D eigenvalue weighted by molar-refractivity contribution is 9.10. The summed E-state index contributed by atoms with van der Waals surface area (Å²) in [4.78, 5) is 4.51. The molecule has 1 aromatic heterocycles. The molecule has 1 heterocycles. The zero-order valence-corrected chi connectivity index (χ0v) is 11.7. The van der Waals surface area contributed by atoms with Crippen molar-refractivity contribution in [3.63, 3.8) is 0 Å². The van der Waals surface area contributed by atoms with E-state index >= 15 is 0 Å². The molecule has 3 rings (SSSR count). The Morgan fingerprint density at radius 2 is 2.22 bits per heavy atom. The Hall–Kier alpha value is -1.13. The first-order valence-corrected chi connectivity index (χ1v) is 7.04. The molecule has 18 heavy (non-hydrogen) atoms. The number of nitrogens with two attached hydrogens (primary N) is 1. The van der Waals surface area contributed by atoms with Crippen LogP contribution in [0.4, 0.5) is 5.69 Å². The average molecular weight is 306 g/mol. The van der Waals surface area contributed by atoms with Crippen LogP contribution >= 0.6 is 15.9 Å². The number of para-hydroxylation sites is 1. The predicted octanol–water partition coefficient (Wildman–Crippen LogP) is 3.29. The van der Waals surface area contributed by atoms with Gasteiger partial charge in [-0.1, -0.05) is 12.1 Å². The first-order valence-electron chi connectivity index (χ1n) is 6.25. The van der Waals surface area contributed by atoms with Crippen molar-refractivity contribution in [1.29, 1.82) is 0 Å². The van der Waals surface area contributed by atoms with Crippen LogP contribution in [0.15, 0.2) is 34.9 Å². The second kappa shape index (κ2) is 4.52. The van der Waals surface area contributed by atoms with Crippen LogP contribution in [-0.4, -0.2) is 17.1 Å². The molecule has 0 amide bonds. The Kier molecular flexibility index (Phi) is 2.99. The van der Waals surface area contributed by atoms with E-state index in [2.05, 4.69) is 50.5 Å². The molecule has 1 aliphatic carbocycles. The van der Waals surface area contributed by atoms with E-state index in [0.717, 1.165) is 33.9 Å². The summed E-state index contributed by atoms with van der Waals surface area (Å²) in [6.45, 7) is 0.680. The van der Waals surface area contributed by atoms with Gasteiger partial charge in [0.15, 0.2) is 0 Å². The third kappa shape index (κ3) is 1.99. The van der Waals surface area contributed by atoms with Crippen molar-refractivity contribution >= 4 is 32.5 Å². The molecule has 0 spiro atoms. The Morgan fingerprint density at radius 3 is 2.89 bits per heavy atom. The van der Waals surface area contributed by atoms with Crippen molar-refractivity contribution in [3.8, 4) is 0 Å². The maximum atomic E-state index is 5.89. The van der Waals surface area contributed by atoms with E-state index < -0.39 is 0 Å². The summed E-state index contributed by atoms with van der Waals surface area (Å²) in [5, 5.41) is 4.74. The van der Waals surface area contributed by atoms with Gasteiger partial charge in [0.2, 0.25) is 0 Å². The van der Waals surface area contributed by atoms with Gasteiger partial charge in [0.05, 0.1) is 11.2 Å². The minimum Gasteiger partial charge on any atom is -0.377 e. The van der Waals surface area contributed by atoms with Gasteiger partial charge in [0, 0.05) is 28.1 Å². The van der Waals surface area contributed by atoms with Crippen LogP contribution in [0.3, 0.4) is 0 Å². The molecular formula is C14H16BrN3. The molecule has 1 saturated carbocycles. The number of fused-ring (bicyclic) bond motifs is 1. The number of hydrogen-bond acceptors (Lipinski definition) is 3. The number of pyridine rings is 1. The van der Waals surface area contributed by atoms with Crippen molar-refractivity contribution in [1.82, 2.24) is 4.98 Å². The Balaban J connectivity index is 2.01. The molecule has 3 nitrogen and oxygen atoms in total. The number of nitrogens with zero attached hydrogens (tertiary/aromatic N) is 1. The molecular weight excluding hydrogens is 290 g/mol. The number of benzene rings is 1. The zero-order chi connectivity index (χ0) is 12.6. The van der Waals surface area contributed by atoms with Crippen molar-refractivity contribution in [2.24, 2.45) is 5.73 Å². The number of hydrogen-bond donors (Lipinski definition) is 2. The summed E-state index contributed by atoms with van der Waals surface area (Å²) in [6.07, 6.45) is 5.39. The summed E-state index contributed by atoms with van der Waals surface area (Å²) in [7, 11) is 0. The molecule has 0 atom stereocenters. The maximum Gasteiger partial charge on any atom is 0.0934 e. The first-order chi connectivity index (χ1) is 8.72. The third-order valence-electron chi connectivity index (χ3n) is 3.78. The van der Waals surface area contributed by atoms with Crippen LogP contribution in [0, 0.1) is 0 Å². The molecule has 0 saturated heterocycles. The second-order valence-electron chi connectivity index (χ2n) is 4.99. The molecule has 2 aromatic rings. The molecule has 3 N–H and O–H groups in total. The van der Waals surface area contributed by atoms with Gasteiger partial charge in [-0.3, -0.25) is 4.98 Å². The Labute approximate surface area is 115 Å². The molecule has 1 fully saturated rings. The summed E-state index contributed by atoms with van der Waals surface area (Å²) in [6, 6.07) is 8.30. The molecule has 0 aliphatic heterocycles. The Bertz CT molecular complexity index is 573. The van der Waals surface area contributed by atoms with E-state index in [0.29, 0.717) is 6.54 Å². The fraction of sp³-hybridized carbons (Fsp3) is 0.357. The minimum atomic E-state index is 0.0863. The van der Waals surface area contributed by atoms with E-state index in [9.17, 15) is 0 Å². The highest BCUT2D eigenvalue weighted by atomic mass is 79.9. The van der Waals surface area contributed by atoms with E-state index in [1.807, 2.05) is 6.20 Å². The van der Waals surface area contributed by atoms with Crippen molar-refractivity contribution in [2.75, 3.05) is 11.9 Å². The zero-order valence-electron chi connectivity index (χ0n) is 10.1. The summed E-state index contributed by atoms with van der Waals surface area (Å²) >= 11 is 3.45. The highest BCUT2D eigenvalue weighted by Crippen LogP contribution is 2.36. The van der Waals surface area contributed by atoms with E-state index in [4.69, 9.17) is 5.73 Å². The van der Waals surface area contributed by atoms with Crippen molar-refractivity contribution < 1.29 is 0 Å². The van der Waals surface area contributed by atoms with Crippen molar-refractivity contribution in [2.45, 2.75) is 24.8 Å². The van der Waals surface area contributed by atoms with Crippen LogP contribution in [0.5, 0.6) is 0 Å². The topological polar surface area (TPSA) is 50.9 Å². The van der Waals surface area contributed by atoms with Crippen LogP contribution < -0.4 is 11.1 Å². The number of rotatable bonds is 3. The summed E-state index contributed by atoms with van der Waals surface area (Å²) in [5.41, 5.74) is 8.08. The fourth-order valence-electron chi connectivity index (χ4n) is 2.50. The van der Waals surface area contributed by atoms with Gasteiger partial charge >= 0.3 is 0 Å². The number of anilines is 1. The number of nitrogens with one attached hydrogen (secondary N) is 1. The van der Waals surface area contributed by atoms with E-state index in [1.54, 1.807) is 0 Å². The quantitative estimate of drug-likeness (QED) is 0.915. The normalized spacial score (nSPS) is 17.4. The van der Waals surface area contributed by atoms with Gasteiger partial charge in [-0.05, 0) is 47.3 Å². The van der Waals surface area contributed by atoms with Gasteiger partial charge in [-0.2, -0.15) is 0 Å². The molecule has 0 unspecified atom stereocenters. The van der Waals surface area contributed by atoms with Crippen LogP contribution in [0.25, 0.3) is 10.9 Å². The molecule has 94 valence electrons. The fourth-order valence-corrected chi connectivity index (χ4v) is 2.85. The molecule has 1 aromatic carbocycles. The lowest BCUT2D eigenvalue weighted by molar-refractivity contribution is 0.287. The minimum absolute atomic E-state index is 0.0863. The lowest BCUT2D eigenvalue weighted by Gasteiger charge is -2.42. The second-order valence-corrected chi connectivity index (χ2v) is 5.91. The van der Waals surface area contributed by atoms with Gasteiger partial charge in [0.1, 0.15) is 0 Å². The monoisotopic (exact) mass is 305 g/mol. The van der Waals surface area contributed by atoms with Gasteiger partial charge in [0.25, 0.3) is 0 Å². The molecule has 0 bridgehead atoms. The molecule has 4 heteroatoms. The van der Waals surface area contributed by atoms with E-state index in [1.165, 1.54) is 6.42 Å². The summed E-state index contributed by atoms with van der Waals surface area (Å²) < 4.78 is 1.00. The van der Waals surface area contributed by atoms with Crippen molar-refractivity contribution in [3.05, 3.63) is 34.9 Å². The largest absolute Gasteiger partial charge is 0.377 e. The summed E-state index contributed by atoms with van der Waals surface area (Å²) in [5.74, 6) is 0. The Morgan fingerprint density at radius 1 is 1.39 bits per heavy atom. The third-order valence-corrected chi connectivity index (χ3v) is 4.21. The van der Waals surface area contributed by atoms with Crippen LogP contribution in [0.1, 0.15) is 19.3 Å². The lowest BCUT2D eigenvalue weighted by atomic mass is 9.76. The molecule has 1 aliphatic rings.